The number of carbonyl (C=O) groups is 2. The smallest absolute Gasteiger partial charge is 0.251 e. The van der Waals surface area contributed by atoms with E-state index in [9.17, 15) is 9.59 Å². The number of carbonyl (C=O) groups excluding carboxylic acids is 2. The summed E-state index contributed by atoms with van der Waals surface area (Å²) in [5.74, 6) is 0.503. The molecule has 0 aliphatic carbocycles. The molecule has 0 aliphatic rings. The van der Waals surface area contributed by atoms with Gasteiger partial charge in [-0.3, -0.25) is 9.59 Å². The minimum absolute atomic E-state index is 0.166. The first kappa shape index (κ1) is 22.1. The van der Waals surface area contributed by atoms with E-state index in [0.717, 1.165) is 11.1 Å². The molecule has 31 heavy (non-hydrogen) atoms. The number of nitrogens with two attached hydrogens (primary N) is 1. The van der Waals surface area contributed by atoms with E-state index in [4.69, 9.17) is 15.2 Å². The standard InChI is InChI=1S/C25H26N2O4/c1-17(2)30-16-19-5-3-4-18(14-19)15-27-25(29)21-8-12-23(13-9-21)31-22-10-6-20(7-11-22)24(26)28/h3-14,17H,15-16H2,1-2H3,(H2,26,28)(H,27,29). The van der Waals surface area contributed by atoms with E-state index >= 15 is 0 Å². The van der Waals surface area contributed by atoms with Crippen molar-refractivity contribution in [1.29, 1.82) is 0 Å². The average Bonchev–Trinajstić information content (AvgIpc) is 2.77. The predicted molar refractivity (Wildman–Crippen MR) is 119 cm³/mol. The van der Waals surface area contributed by atoms with Gasteiger partial charge >= 0.3 is 0 Å². The molecule has 3 aromatic carbocycles. The molecule has 3 N–H and O–H groups in total. The molecule has 0 aliphatic heterocycles. The van der Waals surface area contributed by atoms with Gasteiger partial charge in [-0.25, -0.2) is 0 Å². The van der Waals surface area contributed by atoms with Crippen LogP contribution >= 0.6 is 0 Å². The van der Waals surface area contributed by atoms with Crippen LogP contribution in [0.3, 0.4) is 0 Å². The van der Waals surface area contributed by atoms with E-state index in [1.165, 1.54) is 0 Å². The van der Waals surface area contributed by atoms with Gasteiger partial charge in [0.1, 0.15) is 11.5 Å². The number of hydrogen-bond acceptors (Lipinski definition) is 4. The molecule has 0 saturated heterocycles. The van der Waals surface area contributed by atoms with Crippen LogP contribution < -0.4 is 15.8 Å². The van der Waals surface area contributed by atoms with Gasteiger partial charge in [0.05, 0.1) is 12.7 Å². The van der Waals surface area contributed by atoms with Crippen LogP contribution in [0, 0.1) is 0 Å². The summed E-state index contributed by atoms with van der Waals surface area (Å²) in [5.41, 5.74) is 8.27. The molecule has 0 saturated carbocycles. The van der Waals surface area contributed by atoms with Gasteiger partial charge in [0.2, 0.25) is 5.91 Å². The Labute approximate surface area is 182 Å². The van der Waals surface area contributed by atoms with Crippen LogP contribution in [0.25, 0.3) is 0 Å². The van der Waals surface area contributed by atoms with Gasteiger partial charge in [0.25, 0.3) is 5.91 Å². The molecule has 6 nitrogen and oxygen atoms in total. The van der Waals surface area contributed by atoms with Crippen molar-refractivity contribution in [2.75, 3.05) is 0 Å². The minimum Gasteiger partial charge on any atom is -0.457 e. The molecular weight excluding hydrogens is 392 g/mol. The van der Waals surface area contributed by atoms with Gasteiger partial charge in [-0.05, 0) is 73.5 Å². The maximum atomic E-state index is 12.5. The molecule has 0 aromatic heterocycles. The molecule has 0 fully saturated rings. The summed E-state index contributed by atoms with van der Waals surface area (Å²) in [6.07, 6.45) is 0.171. The second-order valence-corrected chi connectivity index (χ2v) is 7.38. The van der Waals surface area contributed by atoms with Gasteiger partial charge in [0.15, 0.2) is 0 Å². The maximum absolute atomic E-state index is 12.5. The third kappa shape index (κ3) is 6.69. The SMILES string of the molecule is CC(C)OCc1cccc(CNC(=O)c2ccc(Oc3ccc(C(N)=O)cc3)cc2)c1. The highest BCUT2D eigenvalue weighted by molar-refractivity contribution is 5.94. The van der Waals surface area contributed by atoms with E-state index in [1.807, 2.05) is 38.1 Å². The maximum Gasteiger partial charge on any atom is 0.251 e. The summed E-state index contributed by atoms with van der Waals surface area (Å²) in [4.78, 5) is 23.6. The molecule has 0 heterocycles. The van der Waals surface area contributed by atoms with E-state index < -0.39 is 5.91 Å². The topological polar surface area (TPSA) is 90.7 Å². The van der Waals surface area contributed by atoms with Crippen molar-refractivity contribution < 1.29 is 19.1 Å². The van der Waals surface area contributed by atoms with E-state index in [0.29, 0.717) is 35.8 Å². The number of rotatable bonds is 9. The molecule has 6 heteroatoms. The van der Waals surface area contributed by atoms with Crippen LogP contribution in [-0.2, 0) is 17.9 Å². The summed E-state index contributed by atoms with van der Waals surface area (Å²) in [6.45, 7) is 4.98. The summed E-state index contributed by atoms with van der Waals surface area (Å²) >= 11 is 0. The second-order valence-electron chi connectivity index (χ2n) is 7.38. The lowest BCUT2D eigenvalue weighted by atomic mass is 10.1. The Morgan fingerprint density at radius 2 is 1.45 bits per heavy atom. The van der Waals surface area contributed by atoms with E-state index in [1.54, 1.807) is 48.5 Å². The molecule has 2 amide bonds. The molecule has 160 valence electrons. The zero-order chi connectivity index (χ0) is 22.2. The van der Waals surface area contributed by atoms with Gasteiger partial charge in [-0.1, -0.05) is 24.3 Å². The first-order chi connectivity index (χ1) is 14.9. The zero-order valence-corrected chi connectivity index (χ0v) is 17.6. The van der Waals surface area contributed by atoms with Crippen LogP contribution in [0.1, 0.15) is 45.7 Å². The normalized spacial score (nSPS) is 10.7. The number of ether oxygens (including phenoxy) is 2. The van der Waals surface area contributed by atoms with Gasteiger partial charge in [-0.2, -0.15) is 0 Å². The Kier molecular flexibility index (Phi) is 7.40. The summed E-state index contributed by atoms with van der Waals surface area (Å²) in [7, 11) is 0. The zero-order valence-electron chi connectivity index (χ0n) is 17.6. The fraction of sp³-hybridized carbons (Fsp3) is 0.200. The Hall–Kier alpha value is -3.64. The predicted octanol–water partition coefficient (Wildman–Crippen LogP) is 4.43. The Bertz CT molecular complexity index is 1030. The van der Waals surface area contributed by atoms with Crippen molar-refractivity contribution in [2.45, 2.75) is 33.1 Å². The van der Waals surface area contributed by atoms with E-state index in [2.05, 4.69) is 5.32 Å². The fourth-order valence-electron chi connectivity index (χ4n) is 2.87. The van der Waals surface area contributed by atoms with Crippen LogP contribution in [0.2, 0.25) is 0 Å². The van der Waals surface area contributed by atoms with Crippen molar-refractivity contribution in [2.24, 2.45) is 5.73 Å². The molecule has 3 rings (SSSR count). The largest absolute Gasteiger partial charge is 0.457 e. The number of hydrogen-bond donors (Lipinski definition) is 2. The van der Waals surface area contributed by atoms with Crippen LogP contribution in [0.15, 0.2) is 72.8 Å². The lowest BCUT2D eigenvalue weighted by Crippen LogP contribution is -2.22. The Balaban J connectivity index is 1.54. The fourth-order valence-corrected chi connectivity index (χ4v) is 2.87. The number of amides is 2. The highest BCUT2D eigenvalue weighted by Gasteiger charge is 2.07. The second kappa shape index (κ2) is 10.4. The Morgan fingerprint density at radius 3 is 2.03 bits per heavy atom. The lowest BCUT2D eigenvalue weighted by Gasteiger charge is -2.10. The van der Waals surface area contributed by atoms with Gasteiger partial charge in [-0.15, -0.1) is 0 Å². The quantitative estimate of drug-likeness (QED) is 0.538. The third-order valence-electron chi connectivity index (χ3n) is 4.52. The summed E-state index contributed by atoms with van der Waals surface area (Å²) in [5, 5.41) is 2.93. The van der Waals surface area contributed by atoms with Crippen molar-refractivity contribution in [1.82, 2.24) is 5.32 Å². The van der Waals surface area contributed by atoms with Gasteiger partial charge < -0.3 is 20.5 Å². The molecule has 0 spiro atoms. The lowest BCUT2D eigenvalue weighted by molar-refractivity contribution is 0.0657. The number of benzene rings is 3. The number of primary amides is 1. The summed E-state index contributed by atoms with van der Waals surface area (Å²) < 4.78 is 11.4. The average molecular weight is 418 g/mol. The van der Waals surface area contributed by atoms with Crippen molar-refractivity contribution >= 4 is 11.8 Å². The highest BCUT2D eigenvalue weighted by Crippen LogP contribution is 2.22. The third-order valence-corrected chi connectivity index (χ3v) is 4.52. The highest BCUT2D eigenvalue weighted by atomic mass is 16.5. The monoisotopic (exact) mass is 418 g/mol. The molecule has 0 atom stereocenters. The molecule has 3 aromatic rings. The Morgan fingerprint density at radius 1 is 0.871 bits per heavy atom. The first-order valence-corrected chi connectivity index (χ1v) is 10.1. The summed E-state index contributed by atoms with van der Waals surface area (Å²) in [6, 6.07) is 21.4. The molecule has 0 bridgehead atoms. The minimum atomic E-state index is -0.488. The molecule has 0 radical (unpaired) electrons. The van der Waals surface area contributed by atoms with Crippen molar-refractivity contribution in [3.05, 3.63) is 95.1 Å². The number of nitrogens with one attached hydrogen (secondary N) is 1. The molecule has 0 unspecified atom stereocenters. The van der Waals surface area contributed by atoms with E-state index in [-0.39, 0.29) is 12.0 Å². The first-order valence-electron chi connectivity index (χ1n) is 10.1. The van der Waals surface area contributed by atoms with Crippen LogP contribution in [-0.4, -0.2) is 17.9 Å². The van der Waals surface area contributed by atoms with Crippen LogP contribution in [0.5, 0.6) is 11.5 Å². The van der Waals surface area contributed by atoms with Crippen molar-refractivity contribution in [3.8, 4) is 11.5 Å². The molecular formula is C25H26N2O4. The van der Waals surface area contributed by atoms with Gasteiger partial charge in [0, 0.05) is 17.7 Å². The van der Waals surface area contributed by atoms with Crippen molar-refractivity contribution in [3.63, 3.8) is 0 Å². The van der Waals surface area contributed by atoms with Crippen LogP contribution in [0.4, 0.5) is 0 Å².